The Kier molecular flexibility index (Phi) is 7.54. The zero-order valence-corrected chi connectivity index (χ0v) is 22.5. The molecule has 36 heavy (non-hydrogen) atoms. The Labute approximate surface area is 220 Å². The number of benzene rings is 1. The molecule has 2 unspecified atom stereocenters. The topological polar surface area (TPSA) is 87.8 Å². The molecule has 2 atom stereocenters. The molecule has 0 saturated carbocycles. The number of methoxy groups -OCH3 is 1. The van der Waals surface area contributed by atoms with Crippen molar-refractivity contribution in [3.63, 3.8) is 0 Å². The number of pyridine rings is 1. The fourth-order valence-electron chi connectivity index (χ4n) is 4.63. The van der Waals surface area contributed by atoms with Crippen LogP contribution in [0.2, 0.25) is 0 Å². The molecule has 2 saturated heterocycles. The first-order chi connectivity index (χ1) is 17.1. The summed E-state index contributed by atoms with van der Waals surface area (Å²) in [7, 11) is 3.27. The van der Waals surface area contributed by atoms with Gasteiger partial charge in [0.15, 0.2) is 0 Å². The SMILES string of the molecule is COc1ccc(CN2C(=O)/C(=C/c3c(C)c(C#N)c(=O)n(C)c3N3CC(C)OC(C)C3)SC2=S)cc1. The lowest BCUT2D eigenvalue weighted by atomic mass is 10.0. The Morgan fingerprint density at radius 2 is 1.86 bits per heavy atom. The predicted octanol–water partition coefficient (Wildman–Crippen LogP) is 3.59. The van der Waals surface area contributed by atoms with E-state index in [0.717, 1.165) is 11.3 Å². The molecule has 3 heterocycles. The standard InChI is InChI=1S/C26H28N4O4S2/c1-15-12-29(13-16(2)34-15)23-20(17(3)21(11-27)24(31)28(23)4)10-22-25(32)30(26(35)36-22)14-18-6-8-19(33-5)9-7-18/h6-10,15-16H,12-14H2,1-5H3/b22-10-. The summed E-state index contributed by atoms with van der Waals surface area (Å²) in [5, 5.41) is 9.70. The second-order valence-corrected chi connectivity index (χ2v) is 10.7. The second kappa shape index (κ2) is 10.5. The first-order valence-corrected chi connectivity index (χ1v) is 12.8. The normalized spacial score (nSPS) is 21.3. The van der Waals surface area contributed by atoms with Gasteiger partial charge in [0.05, 0.1) is 30.8 Å². The van der Waals surface area contributed by atoms with Crippen LogP contribution in [-0.2, 0) is 23.1 Å². The number of thioether (sulfide) groups is 1. The molecule has 0 N–H and O–H groups in total. The summed E-state index contributed by atoms with van der Waals surface area (Å²) in [5.74, 6) is 1.20. The van der Waals surface area contributed by atoms with E-state index in [9.17, 15) is 14.9 Å². The molecular formula is C26H28N4O4S2. The van der Waals surface area contributed by atoms with Crippen LogP contribution in [0.15, 0.2) is 34.0 Å². The molecule has 0 bridgehead atoms. The van der Waals surface area contributed by atoms with Gasteiger partial charge in [-0.3, -0.25) is 19.1 Å². The molecule has 2 fully saturated rings. The lowest BCUT2D eigenvalue weighted by Crippen LogP contribution is -2.47. The van der Waals surface area contributed by atoms with Crippen LogP contribution >= 0.6 is 24.0 Å². The maximum Gasteiger partial charge on any atom is 0.270 e. The van der Waals surface area contributed by atoms with Crippen molar-refractivity contribution < 1.29 is 14.3 Å². The molecule has 1 amide bonds. The molecule has 2 aromatic rings. The highest BCUT2D eigenvalue weighted by atomic mass is 32.2. The molecule has 1 aromatic heterocycles. The van der Waals surface area contributed by atoms with E-state index in [2.05, 4.69) is 4.90 Å². The van der Waals surface area contributed by atoms with Gasteiger partial charge >= 0.3 is 0 Å². The number of thiocarbonyl (C=S) groups is 1. The van der Waals surface area contributed by atoms with Crippen LogP contribution in [0.3, 0.4) is 0 Å². The van der Waals surface area contributed by atoms with E-state index in [1.165, 1.54) is 16.3 Å². The average Bonchev–Trinajstić information content (AvgIpc) is 3.10. The molecule has 188 valence electrons. The quantitative estimate of drug-likeness (QED) is 0.433. The number of carbonyl (C=O) groups excluding carboxylic acids is 1. The summed E-state index contributed by atoms with van der Waals surface area (Å²) in [6.45, 7) is 7.24. The van der Waals surface area contributed by atoms with Crippen molar-refractivity contribution in [2.75, 3.05) is 25.1 Å². The van der Waals surface area contributed by atoms with Crippen LogP contribution in [0.1, 0.15) is 36.1 Å². The van der Waals surface area contributed by atoms with Gasteiger partial charge < -0.3 is 14.4 Å². The number of nitrogens with zero attached hydrogens (tertiary/aromatic N) is 4. The van der Waals surface area contributed by atoms with E-state index >= 15 is 0 Å². The number of nitriles is 1. The largest absolute Gasteiger partial charge is 0.497 e. The number of morpholine rings is 1. The lowest BCUT2D eigenvalue weighted by molar-refractivity contribution is -0.122. The van der Waals surface area contributed by atoms with E-state index in [0.29, 0.717) is 45.8 Å². The van der Waals surface area contributed by atoms with Crippen LogP contribution in [-0.4, -0.2) is 52.1 Å². The predicted molar refractivity (Wildman–Crippen MR) is 145 cm³/mol. The Morgan fingerprint density at radius 3 is 2.44 bits per heavy atom. The van der Waals surface area contributed by atoms with Crippen molar-refractivity contribution >= 4 is 46.1 Å². The first kappa shape index (κ1) is 25.9. The second-order valence-electron chi connectivity index (χ2n) is 8.99. The zero-order valence-electron chi connectivity index (χ0n) is 20.9. The van der Waals surface area contributed by atoms with Crippen LogP contribution < -0.4 is 15.2 Å². The van der Waals surface area contributed by atoms with E-state index in [1.54, 1.807) is 32.1 Å². The fourth-order valence-corrected chi connectivity index (χ4v) is 5.86. The molecule has 10 heteroatoms. The van der Waals surface area contributed by atoms with Crippen molar-refractivity contribution in [1.82, 2.24) is 9.47 Å². The van der Waals surface area contributed by atoms with Crippen LogP contribution in [0.25, 0.3) is 6.08 Å². The zero-order chi connectivity index (χ0) is 26.1. The number of amides is 1. The molecule has 2 aliphatic heterocycles. The van der Waals surface area contributed by atoms with E-state index in [-0.39, 0.29) is 29.2 Å². The van der Waals surface area contributed by atoms with Gasteiger partial charge in [-0.05, 0) is 50.1 Å². The number of aromatic nitrogens is 1. The minimum atomic E-state index is -0.360. The van der Waals surface area contributed by atoms with Gasteiger partial charge in [-0.15, -0.1) is 0 Å². The minimum Gasteiger partial charge on any atom is -0.497 e. The number of rotatable bonds is 5. The van der Waals surface area contributed by atoms with Crippen molar-refractivity contribution in [3.8, 4) is 11.8 Å². The van der Waals surface area contributed by atoms with Gasteiger partial charge in [-0.2, -0.15) is 5.26 Å². The molecule has 1 aromatic carbocycles. The highest BCUT2D eigenvalue weighted by Crippen LogP contribution is 2.37. The summed E-state index contributed by atoms with van der Waals surface area (Å²) in [5.41, 5.74) is 1.84. The van der Waals surface area contributed by atoms with E-state index in [1.807, 2.05) is 44.2 Å². The summed E-state index contributed by atoms with van der Waals surface area (Å²) in [6.07, 6.45) is 1.70. The van der Waals surface area contributed by atoms with Gasteiger partial charge in [0, 0.05) is 25.7 Å². The molecular weight excluding hydrogens is 496 g/mol. The highest BCUT2D eigenvalue weighted by molar-refractivity contribution is 8.26. The summed E-state index contributed by atoms with van der Waals surface area (Å²) in [6, 6.07) is 9.53. The van der Waals surface area contributed by atoms with Gasteiger partial charge in [-0.1, -0.05) is 36.1 Å². The van der Waals surface area contributed by atoms with Crippen LogP contribution in [0, 0.1) is 18.3 Å². The molecule has 8 nitrogen and oxygen atoms in total. The van der Waals surface area contributed by atoms with Gasteiger partial charge in [0.25, 0.3) is 11.5 Å². The van der Waals surface area contributed by atoms with Crippen molar-refractivity contribution in [1.29, 1.82) is 5.26 Å². The summed E-state index contributed by atoms with van der Waals surface area (Å²) >= 11 is 6.77. The Morgan fingerprint density at radius 1 is 1.22 bits per heavy atom. The van der Waals surface area contributed by atoms with Crippen molar-refractivity contribution in [2.45, 2.75) is 39.5 Å². The van der Waals surface area contributed by atoms with Gasteiger partial charge in [-0.25, -0.2) is 0 Å². The Hall–Kier alpha value is -3.13. The third-order valence-corrected chi connectivity index (χ3v) is 7.71. The Balaban J connectivity index is 1.75. The maximum absolute atomic E-state index is 13.4. The molecule has 0 radical (unpaired) electrons. The van der Waals surface area contributed by atoms with Crippen molar-refractivity contribution in [3.05, 3.63) is 61.8 Å². The fraction of sp³-hybridized carbons (Fsp3) is 0.385. The van der Waals surface area contributed by atoms with Crippen LogP contribution in [0.4, 0.5) is 5.82 Å². The number of ether oxygens (including phenoxy) is 2. The van der Waals surface area contributed by atoms with Gasteiger partial charge in [0.1, 0.15) is 27.5 Å². The maximum atomic E-state index is 13.4. The number of hydrogen-bond donors (Lipinski definition) is 0. The number of carbonyl (C=O) groups is 1. The van der Waals surface area contributed by atoms with E-state index in [4.69, 9.17) is 21.7 Å². The minimum absolute atomic E-state index is 0.0321. The Bertz CT molecular complexity index is 1330. The highest BCUT2D eigenvalue weighted by Gasteiger charge is 2.34. The summed E-state index contributed by atoms with van der Waals surface area (Å²) in [4.78, 5) is 30.5. The molecule has 0 aliphatic carbocycles. The molecule has 2 aliphatic rings. The first-order valence-electron chi connectivity index (χ1n) is 11.6. The molecule has 4 rings (SSSR count). The molecule has 0 spiro atoms. The van der Waals surface area contributed by atoms with Gasteiger partial charge in [0.2, 0.25) is 0 Å². The van der Waals surface area contributed by atoms with E-state index < -0.39 is 0 Å². The third-order valence-electron chi connectivity index (χ3n) is 6.34. The summed E-state index contributed by atoms with van der Waals surface area (Å²) < 4.78 is 13.1. The van der Waals surface area contributed by atoms with Crippen LogP contribution in [0.5, 0.6) is 5.75 Å². The number of anilines is 1. The lowest BCUT2D eigenvalue weighted by Gasteiger charge is -2.38. The number of hydrogen-bond acceptors (Lipinski definition) is 8. The third kappa shape index (κ3) is 4.91. The smallest absolute Gasteiger partial charge is 0.270 e. The average molecular weight is 525 g/mol. The van der Waals surface area contributed by atoms with Crippen molar-refractivity contribution in [2.24, 2.45) is 7.05 Å². The monoisotopic (exact) mass is 524 g/mol.